The molecule has 4 aromatic rings. The van der Waals surface area contributed by atoms with Crippen LogP contribution in [0, 0.1) is 6.92 Å². The van der Waals surface area contributed by atoms with Crippen LogP contribution in [0.25, 0.3) is 26.9 Å². The summed E-state index contributed by atoms with van der Waals surface area (Å²) in [6, 6.07) is 6.17. The van der Waals surface area contributed by atoms with Gasteiger partial charge in [-0.3, -0.25) is 0 Å². The van der Waals surface area contributed by atoms with E-state index in [1.807, 2.05) is 18.4 Å². The molecule has 114 valence electrons. The number of nitrogen functional groups attached to an aromatic ring is 1. The van der Waals surface area contributed by atoms with Gasteiger partial charge in [0.05, 0.1) is 6.20 Å². The van der Waals surface area contributed by atoms with Gasteiger partial charge >= 0.3 is 5.97 Å². The molecule has 0 aliphatic rings. The van der Waals surface area contributed by atoms with Crippen molar-refractivity contribution in [1.29, 1.82) is 0 Å². The molecule has 0 aliphatic heterocycles. The van der Waals surface area contributed by atoms with Crippen LogP contribution >= 0.6 is 11.3 Å². The Bertz CT molecular complexity index is 1080. The highest BCUT2D eigenvalue weighted by molar-refractivity contribution is 7.17. The Labute approximate surface area is 134 Å². The van der Waals surface area contributed by atoms with Gasteiger partial charge in [0, 0.05) is 22.0 Å². The molecular formula is C16H12N4O2S. The van der Waals surface area contributed by atoms with E-state index in [1.54, 1.807) is 17.5 Å². The number of fused-ring (bicyclic) bond motifs is 2. The number of aromatic carboxylic acids is 1. The summed E-state index contributed by atoms with van der Waals surface area (Å²) in [6.45, 7) is 2.02. The van der Waals surface area contributed by atoms with Crippen LogP contribution in [0.2, 0.25) is 0 Å². The van der Waals surface area contributed by atoms with Crippen molar-refractivity contribution in [3.05, 3.63) is 47.1 Å². The van der Waals surface area contributed by atoms with Crippen molar-refractivity contribution in [3.63, 3.8) is 0 Å². The second-order valence-corrected chi connectivity index (χ2v) is 6.17. The zero-order chi connectivity index (χ0) is 16.1. The number of carboxylic acids is 1. The molecule has 0 spiro atoms. The molecule has 0 saturated heterocycles. The number of carbonyl (C=O) groups is 1. The van der Waals surface area contributed by atoms with Crippen molar-refractivity contribution in [3.8, 4) is 11.1 Å². The zero-order valence-electron chi connectivity index (χ0n) is 12.1. The molecule has 0 fully saturated rings. The summed E-state index contributed by atoms with van der Waals surface area (Å²) < 4.78 is 2.51. The molecule has 1 aromatic carbocycles. The molecule has 4 rings (SSSR count). The number of anilines is 1. The molecule has 0 saturated carbocycles. The fraction of sp³-hybridized carbons (Fsp3) is 0.0625. The van der Waals surface area contributed by atoms with Crippen LogP contribution in [-0.4, -0.2) is 25.7 Å². The SMILES string of the molecule is Cc1ccc2ccsc2c1-c1cnc2c(C(=O)O)cnn2c1N. The van der Waals surface area contributed by atoms with Crippen LogP contribution in [-0.2, 0) is 0 Å². The summed E-state index contributed by atoms with van der Waals surface area (Å²) in [7, 11) is 0. The Morgan fingerprint density at radius 3 is 2.91 bits per heavy atom. The number of hydrogen-bond acceptors (Lipinski definition) is 5. The van der Waals surface area contributed by atoms with E-state index in [-0.39, 0.29) is 11.2 Å². The highest BCUT2D eigenvalue weighted by Gasteiger charge is 2.18. The Morgan fingerprint density at radius 2 is 2.13 bits per heavy atom. The first-order valence-corrected chi connectivity index (χ1v) is 7.78. The minimum atomic E-state index is -1.07. The van der Waals surface area contributed by atoms with E-state index in [0.717, 1.165) is 26.8 Å². The number of aryl methyl sites for hydroxylation is 1. The molecular weight excluding hydrogens is 312 g/mol. The third kappa shape index (κ3) is 1.90. The number of thiophene rings is 1. The molecule has 3 N–H and O–H groups in total. The van der Waals surface area contributed by atoms with E-state index in [9.17, 15) is 9.90 Å². The first-order valence-electron chi connectivity index (χ1n) is 6.90. The Morgan fingerprint density at radius 1 is 1.30 bits per heavy atom. The molecule has 7 heteroatoms. The third-order valence-electron chi connectivity index (χ3n) is 3.89. The fourth-order valence-corrected chi connectivity index (χ4v) is 3.77. The van der Waals surface area contributed by atoms with Crippen LogP contribution in [0.5, 0.6) is 0 Å². The maximum Gasteiger partial charge on any atom is 0.341 e. The average molecular weight is 324 g/mol. The fourth-order valence-electron chi connectivity index (χ4n) is 2.76. The zero-order valence-corrected chi connectivity index (χ0v) is 13.0. The van der Waals surface area contributed by atoms with E-state index in [0.29, 0.717) is 5.82 Å². The topological polar surface area (TPSA) is 93.5 Å². The molecule has 0 amide bonds. The van der Waals surface area contributed by atoms with Crippen LogP contribution in [0.15, 0.2) is 36.0 Å². The summed E-state index contributed by atoms with van der Waals surface area (Å²) in [4.78, 5) is 15.5. The second-order valence-electron chi connectivity index (χ2n) is 5.25. The lowest BCUT2D eigenvalue weighted by molar-refractivity contribution is 0.0699. The average Bonchev–Trinajstić information content (AvgIpc) is 3.15. The maximum absolute atomic E-state index is 11.2. The minimum Gasteiger partial charge on any atom is -0.477 e. The van der Waals surface area contributed by atoms with Gasteiger partial charge in [-0.05, 0) is 29.3 Å². The lowest BCUT2D eigenvalue weighted by Gasteiger charge is -2.11. The number of aromatic nitrogens is 3. The summed E-state index contributed by atoms with van der Waals surface area (Å²) in [5.74, 6) is -0.692. The molecule has 0 radical (unpaired) electrons. The monoisotopic (exact) mass is 324 g/mol. The van der Waals surface area contributed by atoms with Crippen LogP contribution < -0.4 is 5.73 Å². The molecule has 6 nitrogen and oxygen atoms in total. The molecule has 23 heavy (non-hydrogen) atoms. The highest BCUT2D eigenvalue weighted by Crippen LogP contribution is 2.37. The van der Waals surface area contributed by atoms with Gasteiger partial charge in [0.2, 0.25) is 0 Å². The first kappa shape index (κ1) is 13.7. The van der Waals surface area contributed by atoms with Gasteiger partial charge in [-0.15, -0.1) is 11.3 Å². The van der Waals surface area contributed by atoms with Gasteiger partial charge in [0.25, 0.3) is 0 Å². The smallest absolute Gasteiger partial charge is 0.341 e. The largest absolute Gasteiger partial charge is 0.477 e. The summed E-state index contributed by atoms with van der Waals surface area (Å²) in [6.07, 6.45) is 2.89. The minimum absolute atomic E-state index is 0.0364. The van der Waals surface area contributed by atoms with E-state index >= 15 is 0 Å². The van der Waals surface area contributed by atoms with Crippen molar-refractivity contribution >= 4 is 38.9 Å². The van der Waals surface area contributed by atoms with E-state index in [1.165, 1.54) is 10.7 Å². The first-order chi connectivity index (χ1) is 11.1. The quantitative estimate of drug-likeness (QED) is 0.590. The summed E-state index contributed by atoms with van der Waals surface area (Å²) in [5, 5.41) is 16.4. The molecule has 0 aliphatic carbocycles. The number of benzene rings is 1. The van der Waals surface area contributed by atoms with Crippen LogP contribution in [0.1, 0.15) is 15.9 Å². The lowest BCUT2D eigenvalue weighted by atomic mass is 10.0. The van der Waals surface area contributed by atoms with Gasteiger partial charge in [-0.1, -0.05) is 12.1 Å². The van der Waals surface area contributed by atoms with Gasteiger partial charge in [-0.2, -0.15) is 9.61 Å². The molecule has 3 aromatic heterocycles. The predicted molar refractivity (Wildman–Crippen MR) is 89.9 cm³/mol. The van der Waals surface area contributed by atoms with Crippen molar-refractivity contribution in [2.24, 2.45) is 0 Å². The van der Waals surface area contributed by atoms with Gasteiger partial charge in [-0.25, -0.2) is 9.78 Å². The van der Waals surface area contributed by atoms with Crippen molar-refractivity contribution in [2.75, 3.05) is 5.73 Å². The summed E-state index contributed by atoms with van der Waals surface area (Å²) in [5.41, 5.74) is 9.39. The Balaban J connectivity index is 2.06. The van der Waals surface area contributed by atoms with Gasteiger partial charge in [0.15, 0.2) is 5.65 Å². The standard InChI is InChI=1S/C16H12N4O2S/c1-8-2-3-9-4-5-23-13(9)12(8)10-6-18-15-11(16(21)22)7-19-20(15)14(10)17/h2-7H,17H2,1H3,(H,21,22). The number of nitrogens with two attached hydrogens (primary N) is 1. The van der Waals surface area contributed by atoms with E-state index in [2.05, 4.69) is 22.2 Å². The lowest BCUT2D eigenvalue weighted by Crippen LogP contribution is -2.05. The molecule has 0 bridgehead atoms. The second kappa shape index (κ2) is 4.79. The molecule has 0 unspecified atom stereocenters. The van der Waals surface area contributed by atoms with E-state index in [4.69, 9.17) is 5.73 Å². The van der Waals surface area contributed by atoms with Crippen LogP contribution in [0.4, 0.5) is 5.82 Å². The molecule has 3 heterocycles. The number of rotatable bonds is 2. The van der Waals surface area contributed by atoms with Gasteiger partial charge < -0.3 is 10.8 Å². The van der Waals surface area contributed by atoms with Gasteiger partial charge in [0.1, 0.15) is 11.4 Å². The van der Waals surface area contributed by atoms with Crippen LogP contribution in [0.3, 0.4) is 0 Å². The summed E-state index contributed by atoms with van der Waals surface area (Å²) >= 11 is 1.64. The Hall–Kier alpha value is -2.93. The predicted octanol–water partition coefficient (Wildman–Crippen LogP) is 3.20. The third-order valence-corrected chi connectivity index (χ3v) is 4.84. The highest BCUT2D eigenvalue weighted by atomic mass is 32.1. The normalized spacial score (nSPS) is 11.3. The van der Waals surface area contributed by atoms with Crippen molar-refractivity contribution in [1.82, 2.24) is 14.6 Å². The maximum atomic E-state index is 11.2. The number of carboxylic acid groups (broad SMARTS) is 1. The van der Waals surface area contributed by atoms with Crippen molar-refractivity contribution in [2.45, 2.75) is 6.92 Å². The van der Waals surface area contributed by atoms with Crippen molar-refractivity contribution < 1.29 is 9.90 Å². The number of nitrogens with zero attached hydrogens (tertiary/aromatic N) is 3. The van der Waals surface area contributed by atoms with E-state index < -0.39 is 5.97 Å². The molecule has 0 atom stereocenters. The Kier molecular flexibility index (Phi) is 2.85. The number of hydrogen-bond donors (Lipinski definition) is 2.